The molecule has 8 nitrogen and oxygen atoms in total. The first kappa shape index (κ1) is 23.9. The quantitative estimate of drug-likeness (QED) is 0.482. The van der Waals surface area contributed by atoms with Crippen molar-refractivity contribution in [3.8, 4) is 5.75 Å². The van der Waals surface area contributed by atoms with Gasteiger partial charge in [0.1, 0.15) is 11.3 Å². The molecule has 0 aliphatic carbocycles. The molecule has 2 aromatic carbocycles. The number of halogens is 1. The van der Waals surface area contributed by atoms with E-state index in [1.54, 1.807) is 35.2 Å². The molecule has 0 bridgehead atoms. The molecule has 1 saturated heterocycles. The summed E-state index contributed by atoms with van der Waals surface area (Å²) in [4.78, 5) is 22.2. The number of carbonyl (C=O) groups is 1. The van der Waals surface area contributed by atoms with Gasteiger partial charge in [-0.15, -0.1) is 0 Å². The van der Waals surface area contributed by atoms with Crippen molar-refractivity contribution in [2.75, 3.05) is 57.7 Å². The first-order valence-corrected chi connectivity index (χ1v) is 13.4. The van der Waals surface area contributed by atoms with E-state index in [9.17, 15) is 13.2 Å². The molecular weight excluding hydrogens is 486 g/mol. The van der Waals surface area contributed by atoms with Crippen molar-refractivity contribution in [1.82, 2.24) is 9.88 Å². The minimum Gasteiger partial charge on any atom is -0.496 e. The molecule has 11 heteroatoms. The number of nitrogens with zero attached hydrogens (tertiary/aromatic N) is 3. The van der Waals surface area contributed by atoms with E-state index >= 15 is 0 Å². The molecule has 4 rings (SSSR count). The Labute approximate surface area is 201 Å². The Morgan fingerprint density at radius 2 is 2.03 bits per heavy atom. The van der Waals surface area contributed by atoms with Gasteiger partial charge in [0.2, 0.25) is 0 Å². The van der Waals surface area contributed by atoms with Gasteiger partial charge in [0.25, 0.3) is 5.91 Å². The summed E-state index contributed by atoms with van der Waals surface area (Å²) < 4.78 is 36.0. The number of thiazole rings is 1. The maximum absolute atomic E-state index is 13.7. The van der Waals surface area contributed by atoms with Crippen LogP contribution in [0, 0.1) is 0 Å². The molecule has 1 fully saturated rings. The van der Waals surface area contributed by atoms with Crippen LogP contribution < -0.4 is 9.64 Å². The molecule has 1 aromatic heterocycles. The fraction of sp³-hybridized carbons (Fsp3) is 0.364. The highest BCUT2D eigenvalue weighted by Gasteiger charge is 2.26. The number of morpholine rings is 1. The summed E-state index contributed by atoms with van der Waals surface area (Å²) in [7, 11) is -1.98. The zero-order valence-electron chi connectivity index (χ0n) is 18.3. The Bertz CT molecular complexity index is 1270. The molecule has 0 N–H and O–H groups in total. The number of para-hydroxylation sites is 1. The third-order valence-corrected chi connectivity index (χ3v) is 7.79. The summed E-state index contributed by atoms with van der Waals surface area (Å²) in [5.41, 5.74) is 0.678. The molecule has 0 atom stereocenters. The van der Waals surface area contributed by atoms with Crippen molar-refractivity contribution < 1.29 is 22.7 Å². The van der Waals surface area contributed by atoms with Crippen molar-refractivity contribution >= 4 is 54.0 Å². The number of ether oxygens (including phenoxy) is 2. The zero-order chi connectivity index (χ0) is 23.6. The molecule has 3 aromatic rings. The second-order valence-corrected chi connectivity index (χ2v) is 11.1. The van der Waals surface area contributed by atoms with E-state index in [1.807, 2.05) is 0 Å². The number of sulfone groups is 1. The highest BCUT2D eigenvalue weighted by atomic mass is 35.5. The SMILES string of the molecule is COc1ccc(Cl)cc1C(=O)N(CCN1CCOCC1)c1nc2c(S(C)(=O)=O)cccc2s1. The lowest BCUT2D eigenvalue weighted by Gasteiger charge is -2.29. The van der Waals surface area contributed by atoms with E-state index in [4.69, 9.17) is 21.1 Å². The number of aromatic nitrogens is 1. The Morgan fingerprint density at radius 3 is 2.73 bits per heavy atom. The maximum atomic E-state index is 13.7. The van der Waals surface area contributed by atoms with Crippen LogP contribution in [-0.2, 0) is 14.6 Å². The van der Waals surface area contributed by atoms with E-state index < -0.39 is 9.84 Å². The van der Waals surface area contributed by atoms with E-state index in [1.165, 1.54) is 24.5 Å². The van der Waals surface area contributed by atoms with Gasteiger partial charge in [-0.2, -0.15) is 0 Å². The van der Waals surface area contributed by atoms with Crippen LogP contribution >= 0.6 is 22.9 Å². The van der Waals surface area contributed by atoms with Crippen LogP contribution in [0.2, 0.25) is 5.02 Å². The smallest absolute Gasteiger partial charge is 0.263 e. The first-order chi connectivity index (χ1) is 15.8. The average molecular weight is 510 g/mol. The molecule has 1 aliphatic rings. The lowest BCUT2D eigenvalue weighted by Crippen LogP contribution is -2.43. The van der Waals surface area contributed by atoms with E-state index in [-0.39, 0.29) is 10.8 Å². The Morgan fingerprint density at radius 1 is 1.27 bits per heavy atom. The van der Waals surface area contributed by atoms with Crippen LogP contribution in [-0.4, -0.2) is 77.0 Å². The van der Waals surface area contributed by atoms with Crippen molar-refractivity contribution in [2.45, 2.75) is 4.90 Å². The number of rotatable bonds is 7. The monoisotopic (exact) mass is 509 g/mol. The summed E-state index contributed by atoms with van der Waals surface area (Å²) in [5.74, 6) is 0.0845. The standard InChI is InChI=1S/C22H24ClN3O5S2/c1-30-17-7-6-15(23)14-16(17)21(27)26(9-8-25-10-12-31-13-11-25)22-24-20-18(32-22)4-3-5-19(20)33(2,28)29/h3-7,14H,8-13H2,1-2H3. The van der Waals surface area contributed by atoms with Crippen LogP contribution in [0.4, 0.5) is 5.13 Å². The van der Waals surface area contributed by atoms with Gasteiger partial charge >= 0.3 is 0 Å². The molecule has 0 spiro atoms. The molecule has 33 heavy (non-hydrogen) atoms. The van der Waals surface area contributed by atoms with Gasteiger partial charge in [-0.3, -0.25) is 14.6 Å². The zero-order valence-corrected chi connectivity index (χ0v) is 20.7. The molecule has 2 heterocycles. The van der Waals surface area contributed by atoms with Crippen LogP contribution in [0.1, 0.15) is 10.4 Å². The fourth-order valence-corrected chi connectivity index (χ4v) is 5.76. The van der Waals surface area contributed by atoms with Crippen LogP contribution in [0.3, 0.4) is 0 Å². The van der Waals surface area contributed by atoms with E-state index in [0.717, 1.165) is 19.3 Å². The summed E-state index contributed by atoms with van der Waals surface area (Å²) in [6.07, 6.45) is 1.15. The predicted molar refractivity (Wildman–Crippen MR) is 130 cm³/mol. The van der Waals surface area contributed by atoms with Crippen LogP contribution in [0.15, 0.2) is 41.3 Å². The topological polar surface area (TPSA) is 89.0 Å². The minimum absolute atomic E-state index is 0.142. The second-order valence-electron chi connectivity index (χ2n) is 7.63. The van der Waals surface area contributed by atoms with Crippen molar-refractivity contribution in [3.63, 3.8) is 0 Å². The normalized spacial score (nSPS) is 15.0. The number of carbonyl (C=O) groups excluding carboxylic acids is 1. The van der Waals surface area contributed by atoms with Gasteiger partial charge in [-0.1, -0.05) is 29.0 Å². The summed E-state index contributed by atoms with van der Waals surface area (Å²) in [6.45, 7) is 3.83. The molecule has 1 aliphatic heterocycles. The van der Waals surface area contributed by atoms with Gasteiger partial charge < -0.3 is 9.47 Å². The van der Waals surface area contributed by atoms with Gasteiger partial charge in [-0.25, -0.2) is 13.4 Å². The number of anilines is 1. The molecule has 0 unspecified atom stereocenters. The number of hydrogen-bond donors (Lipinski definition) is 0. The highest BCUT2D eigenvalue weighted by molar-refractivity contribution is 7.91. The largest absolute Gasteiger partial charge is 0.496 e. The van der Waals surface area contributed by atoms with Crippen molar-refractivity contribution in [2.24, 2.45) is 0 Å². The first-order valence-electron chi connectivity index (χ1n) is 10.3. The number of fused-ring (bicyclic) bond motifs is 1. The lowest BCUT2D eigenvalue weighted by molar-refractivity contribution is 0.0391. The van der Waals surface area contributed by atoms with Gasteiger partial charge in [0.05, 0.1) is 35.5 Å². The number of methoxy groups -OCH3 is 1. The number of amides is 1. The maximum Gasteiger partial charge on any atom is 0.263 e. The van der Waals surface area contributed by atoms with Crippen LogP contribution in [0.5, 0.6) is 5.75 Å². The fourth-order valence-electron chi connectivity index (χ4n) is 3.67. The summed E-state index contributed by atoms with van der Waals surface area (Å²) in [6, 6.07) is 9.89. The summed E-state index contributed by atoms with van der Waals surface area (Å²) >= 11 is 7.45. The third kappa shape index (κ3) is 5.30. The Kier molecular flexibility index (Phi) is 7.20. The third-order valence-electron chi connectivity index (χ3n) is 5.38. The Hall–Kier alpha value is -2.24. The molecular formula is C22H24ClN3O5S2. The van der Waals surface area contributed by atoms with E-state index in [2.05, 4.69) is 9.88 Å². The predicted octanol–water partition coefficient (Wildman–Crippen LogP) is 3.34. The van der Waals surface area contributed by atoms with Gasteiger partial charge in [-0.05, 0) is 30.3 Å². The van der Waals surface area contributed by atoms with Crippen molar-refractivity contribution in [1.29, 1.82) is 0 Å². The Balaban J connectivity index is 1.76. The summed E-state index contributed by atoms with van der Waals surface area (Å²) in [5, 5.41) is 0.831. The number of benzene rings is 2. The van der Waals surface area contributed by atoms with Crippen molar-refractivity contribution in [3.05, 3.63) is 47.0 Å². The van der Waals surface area contributed by atoms with Gasteiger partial charge in [0.15, 0.2) is 15.0 Å². The van der Waals surface area contributed by atoms with E-state index in [0.29, 0.717) is 58.0 Å². The number of hydrogen-bond acceptors (Lipinski definition) is 8. The second kappa shape index (κ2) is 9.94. The van der Waals surface area contributed by atoms with Crippen LogP contribution in [0.25, 0.3) is 10.2 Å². The molecule has 1 amide bonds. The molecule has 0 saturated carbocycles. The molecule has 176 valence electrons. The highest BCUT2D eigenvalue weighted by Crippen LogP contribution is 2.34. The minimum atomic E-state index is -3.48. The lowest BCUT2D eigenvalue weighted by atomic mass is 10.1. The van der Waals surface area contributed by atoms with Gasteiger partial charge in [0, 0.05) is 37.5 Å². The molecule has 0 radical (unpaired) electrons. The average Bonchev–Trinajstić information content (AvgIpc) is 3.23.